The van der Waals surface area contributed by atoms with Crippen molar-refractivity contribution in [1.29, 1.82) is 0 Å². The lowest BCUT2D eigenvalue weighted by atomic mass is 9.78. The predicted molar refractivity (Wildman–Crippen MR) is 70.3 cm³/mol. The summed E-state index contributed by atoms with van der Waals surface area (Å²) in [7, 11) is 1.69. The largest absolute Gasteiger partial charge is 0.550 e. The fraction of sp³-hybridized carbons (Fsp3) is 0.467. The summed E-state index contributed by atoms with van der Waals surface area (Å²) in [6.07, 6.45) is 2.94. The van der Waals surface area contributed by atoms with Gasteiger partial charge in [0.05, 0.1) is 0 Å². The average molecular weight is 260 g/mol. The number of aliphatic carboxylic acids is 1. The molecule has 0 aromatic heterocycles. The summed E-state index contributed by atoms with van der Waals surface area (Å²) in [5.41, 5.74) is 0.787. The topological polar surface area (TPSA) is 60.4 Å². The van der Waals surface area contributed by atoms with Crippen molar-refractivity contribution in [2.75, 3.05) is 11.9 Å². The zero-order valence-corrected chi connectivity index (χ0v) is 11.0. The maximum absolute atomic E-state index is 12.4. The molecular weight excluding hydrogens is 242 g/mol. The SMILES string of the molecule is CN(C(=O)[C@H]1CCCC[C@@H]1C(=O)[O-])c1ccccc1. The van der Waals surface area contributed by atoms with Crippen LogP contribution in [0.5, 0.6) is 0 Å². The van der Waals surface area contributed by atoms with Gasteiger partial charge in [-0.25, -0.2) is 0 Å². The molecule has 0 spiro atoms. The number of carboxylic acid groups (broad SMARTS) is 1. The van der Waals surface area contributed by atoms with Crippen LogP contribution in [0.2, 0.25) is 0 Å². The fourth-order valence-corrected chi connectivity index (χ4v) is 2.74. The number of nitrogens with zero attached hydrogens (tertiary/aromatic N) is 1. The zero-order valence-electron chi connectivity index (χ0n) is 11.0. The lowest BCUT2D eigenvalue weighted by molar-refractivity contribution is -0.313. The third-order valence-corrected chi connectivity index (χ3v) is 3.86. The lowest BCUT2D eigenvalue weighted by Crippen LogP contribution is -2.45. The first-order chi connectivity index (χ1) is 9.11. The predicted octanol–water partition coefficient (Wildman–Crippen LogP) is 1.21. The third kappa shape index (κ3) is 2.95. The zero-order chi connectivity index (χ0) is 13.8. The highest BCUT2D eigenvalue weighted by Crippen LogP contribution is 2.32. The number of para-hydroxylation sites is 1. The van der Waals surface area contributed by atoms with Gasteiger partial charge in [0.1, 0.15) is 0 Å². The highest BCUT2D eigenvalue weighted by molar-refractivity contribution is 5.96. The molecule has 0 saturated heterocycles. The molecule has 0 radical (unpaired) electrons. The van der Waals surface area contributed by atoms with Crippen molar-refractivity contribution in [2.45, 2.75) is 25.7 Å². The molecule has 1 amide bonds. The van der Waals surface area contributed by atoms with E-state index in [0.29, 0.717) is 12.8 Å². The second-order valence-corrected chi connectivity index (χ2v) is 5.05. The van der Waals surface area contributed by atoms with E-state index in [1.54, 1.807) is 11.9 Å². The quantitative estimate of drug-likeness (QED) is 0.820. The fourth-order valence-electron chi connectivity index (χ4n) is 2.74. The molecule has 1 aromatic rings. The van der Waals surface area contributed by atoms with E-state index in [1.807, 2.05) is 30.3 Å². The number of carbonyl (C=O) groups excluding carboxylic acids is 2. The maximum atomic E-state index is 12.4. The molecule has 2 rings (SSSR count). The molecule has 0 unspecified atom stereocenters. The minimum Gasteiger partial charge on any atom is -0.550 e. The summed E-state index contributed by atoms with van der Waals surface area (Å²) in [4.78, 5) is 25.1. The van der Waals surface area contributed by atoms with Gasteiger partial charge in [0.2, 0.25) is 5.91 Å². The number of hydrogen-bond acceptors (Lipinski definition) is 3. The molecule has 1 aromatic carbocycles. The van der Waals surface area contributed by atoms with E-state index >= 15 is 0 Å². The number of carboxylic acids is 1. The van der Waals surface area contributed by atoms with Gasteiger partial charge in [0.25, 0.3) is 0 Å². The summed E-state index contributed by atoms with van der Waals surface area (Å²) in [5, 5.41) is 11.1. The first-order valence-corrected chi connectivity index (χ1v) is 6.64. The highest BCUT2D eigenvalue weighted by atomic mass is 16.4. The van der Waals surface area contributed by atoms with Crippen LogP contribution in [-0.4, -0.2) is 18.9 Å². The first kappa shape index (κ1) is 13.6. The van der Waals surface area contributed by atoms with Gasteiger partial charge >= 0.3 is 0 Å². The van der Waals surface area contributed by atoms with Crippen LogP contribution in [0, 0.1) is 11.8 Å². The molecule has 0 aliphatic heterocycles. The lowest BCUT2D eigenvalue weighted by Gasteiger charge is -2.33. The number of benzene rings is 1. The minimum absolute atomic E-state index is 0.125. The summed E-state index contributed by atoms with van der Waals surface area (Å²) in [6, 6.07) is 9.28. The molecule has 1 aliphatic carbocycles. The summed E-state index contributed by atoms with van der Waals surface area (Å²) >= 11 is 0. The van der Waals surface area contributed by atoms with Crippen LogP contribution in [-0.2, 0) is 9.59 Å². The van der Waals surface area contributed by atoms with Crippen LogP contribution in [0.3, 0.4) is 0 Å². The van der Waals surface area contributed by atoms with E-state index in [2.05, 4.69) is 0 Å². The van der Waals surface area contributed by atoms with Crippen molar-refractivity contribution in [1.82, 2.24) is 0 Å². The number of anilines is 1. The Bertz CT molecular complexity index is 458. The Hall–Kier alpha value is -1.84. The van der Waals surface area contributed by atoms with Crippen LogP contribution < -0.4 is 10.0 Å². The molecule has 4 nitrogen and oxygen atoms in total. The summed E-state index contributed by atoms with van der Waals surface area (Å²) < 4.78 is 0. The summed E-state index contributed by atoms with van der Waals surface area (Å²) in [6.45, 7) is 0. The maximum Gasteiger partial charge on any atom is 0.230 e. The van der Waals surface area contributed by atoms with Gasteiger partial charge in [-0.15, -0.1) is 0 Å². The Labute approximate surface area is 113 Å². The number of amides is 1. The van der Waals surface area contributed by atoms with Gasteiger partial charge in [0, 0.05) is 30.5 Å². The van der Waals surface area contributed by atoms with Gasteiger partial charge in [-0.3, -0.25) is 4.79 Å². The number of hydrogen-bond donors (Lipinski definition) is 0. The summed E-state index contributed by atoms with van der Waals surface area (Å²) in [5.74, 6) is -2.32. The van der Waals surface area contributed by atoms with E-state index in [0.717, 1.165) is 18.5 Å². The normalized spacial score (nSPS) is 22.8. The van der Waals surface area contributed by atoms with Gasteiger partial charge in [-0.1, -0.05) is 31.0 Å². The average Bonchev–Trinajstić information content (AvgIpc) is 2.46. The molecule has 4 heteroatoms. The Morgan fingerprint density at radius 1 is 1.11 bits per heavy atom. The highest BCUT2D eigenvalue weighted by Gasteiger charge is 2.33. The Balaban J connectivity index is 2.15. The monoisotopic (exact) mass is 260 g/mol. The van der Waals surface area contributed by atoms with Gasteiger partial charge in [-0.2, -0.15) is 0 Å². The van der Waals surface area contributed by atoms with Crippen LogP contribution >= 0.6 is 0 Å². The molecule has 0 bridgehead atoms. The Morgan fingerprint density at radius 3 is 2.26 bits per heavy atom. The van der Waals surface area contributed by atoms with E-state index < -0.39 is 17.8 Å². The van der Waals surface area contributed by atoms with E-state index in [1.165, 1.54) is 0 Å². The van der Waals surface area contributed by atoms with Crippen LogP contribution in [0.15, 0.2) is 30.3 Å². The first-order valence-electron chi connectivity index (χ1n) is 6.64. The van der Waals surface area contributed by atoms with Crippen molar-refractivity contribution < 1.29 is 14.7 Å². The van der Waals surface area contributed by atoms with Gasteiger partial charge in [-0.05, 0) is 25.0 Å². The van der Waals surface area contributed by atoms with Crippen molar-refractivity contribution >= 4 is 17.6 Å². The second-order valence-electron chi connectivity index (χ2n) is 5.05. The Kier molecular flexibility index (Phi) is 4.20. The molecule has 0 N–H and O–H groups in total. The molecule has 102 valence electrons. The van der Waals surface area contributed by atoms with Crippen LogP contribution in [0.25, 0.3) is 0 Å². The molecule has 2 atom stereocenters. The standard InChI is InChI=1S/C15H19NO3/c1-16(11-7-3-2-4-8-11)14(17)12-9-5-6-10-13(12)15(18)19/h2-4,7-8,12-13H,5-6,9-10H2,1H3,(H,18,19)/p-1/t12-,13-/m0/s1. The van der Waals surface area contributed by atoms with Crippen LogP contribution in [0.1, 0.15) is 25.7 Å². The van der Waals surface area contributed by atoms with E-state index in [4.69, 9.17) is 0 Å². The second kappa shape index (κ2) is 5.87. The number of carbonyl (C=O) groups is 2. The molecule has 0 heterocycles. The third-order valence-electron chi connectivity index (χ3n) is 3.86. The number of rotatable bonds is 3. The van der Waals surface area contributed by atoms with Crippen LogP contribution in [0.4, 0.5) is 5.69 Å². The van der Waals surface area contributed by atoms with Gasteiger partial charge in [0.15, 0.2) is 0 Å². The van der Waals surface area contributed by atoms with Crippen molar-refractivity contribution in [3.63, 3.8) is 0 Å². The van der Waals surface area contributed by atoms with E-state index in [-0.39, 0.29) is 5.91 Å². The van der Waals surface area contributed by atoms with Crippen molar-refractivity contribution in [3.8, 4) is 0 Å². The molecule has 1 aliphatic rings. The Morgan fingerprint density at radius 2 is 1.68 bits per heavy atom. The van der Waals surface area contributed by atoms with Gasteiger partial charge < -0.3 is 14.8 Å². The molecule has 1 saturated carbocycles. The molecular formula is C15H18NO3-. The van der Waals surface area contributed by atoms with Crippen molar-refractivity contribution in [2.24, 2.45) is 11.8 Å². The van der Waals surface area contributed by atoms with E-state index in [9.17, 15) is 14.7 Å². The molecule has 19 heavy (non-hydrogen) atoms. The minimum atomic E-state index is -1.10. The smallest absolute Gasteiger partial charge is 0.230 e. The van der Waals surface area contributed by atoms with Crippen molar-refractivity contribution in [3.05, 3.63) is 30.3 Å². The molecule has 1 fully saturated rings.